The van der Waals surface area contributed by atoms with Crippen LogP contribution in [0, 0.1) is 10.5 Å². The molecule has 108 valence electrons. The number of hydrogen-bond donors (Lipinski definition) is 1. The van der Waals surface area contributed by atoms with Crippen molar-refractivity contribution in [2.45, 2.75) is 20.3 Å². The van der Waals surface area contributed by atoms with Gasteiger partial charge >= 0.3 is 0 Å². The van der Waals surface area contributed by atoms with Gasteiger partial charge in [-0.15, -0.1) is 0 Å². The third kappa shape index (κ3) is 2.46. The van der Waals surface area contributed by atoms with Gasteiger partial charge in [0.05, 0.1) is 22.1 Å². The molecule has 20 heavy (non-hydrogen) atoms. The quantitative estimate of drug-likeness (QED) is 0.817. The van der Waals surface area contributed by atoms with Gasteiger partial charge in [-0.05, 0) is 35.9 Å². The third-order valence-corrected chi connectivity index (χ3v) is 4.21. The first-order chi connectivity index (χ1) is 9.53. The maximum absolute atomic E-state index is 5.43. The van der Waals surface area contributed by atoms with Gasteiger partial charge in [0, 0.05) is 14.1 Å². The molecule has 0 fully saturated rings. The second kappa shape index (κ2) is 5.94. The molecule has 0 saturated carbocycles. The molecule has 0 radical (unpaired) electrons. The molecule has 0 amide bonds. The van der Waals surface area contributed by atoms with Crippen molar-refractivity contribution in [3.63, 3.8) is 0 Å². The van der Waals surface area contributed by atoms with Gasteiger partial charge in [-0.25, -0.2) is 14.6 Å². The zero-order valence-electron chi connectivity index (χ0n) is 12.3. The molecule has 0 aliphatic heterocycles. The molecule has 0 unspecified atom stereocenters. The van der Waals surface area contributed by atoms with Crippen LogP contribution in [0.15, 0.2) is 0 Å². The van der Waals surface area contributed by atoms with Gasteiger partial charge < -0.3 is 10.1 Å². The maximum Gasteiger partial charge on any atom is 0.222 e. The van der Waals surface area contributed by atoms with E-state index in [2.05, 4.69) is 49.9 Å². The van der Waals surface area contributed by atoms with E-state index < -0.39 is 0 Å². The number of nitrogens with one attached hydrogen (secondary N) is 1. The summed E-state index contributed by atoms with van der Waals surface area (Å²) in [6.07, 6.45) is 0.851. The van der Waals surface area contributed by atoms with Gasteiger partial charge in [0.1, 0.15) is 11.4 Å². The second-order valence-corrected chi connectivity index (χ2v) is 5.43. The van der Waals surface area contributed by atoms with E-state index in [0.717, 1.165) is 32.8 Å². The number of nitrogens with zero attached hydrogens (tertiary/aromatic N) is 4. The van der Waals surface area contributed by atoms with Gasteiger partial charge in [-0.3, -0.25) is 0 Å². The van der Waals surface area contributed by atoms with Crippen LogP contribution in [0.2, 0.25) is 0 Å². The van der Waals surface area contributed by atoms with Crippen molar-refractivity contribution >= 4 is 28.4 Å². The monoisotopic (exact) mass is 387 g/mol. The Labute approximate surface area is 132 Å². The normalized spacial score (nSPS) is 10.7. The van der Waals surface area contributed by atoms with Crippen molar-refractivity contribution < 1.29 is 4.74 Å². The molecule has 0 bridgehead atoms. The lowest BCUT2D eigenvalue weighted by Crippen LogP contribution is -2.05. The Balaban J connectivity index is 2.70. The smallest absolute Gasteiger partial charge is 0.222 e. The Morgan fingerprint density at radius 1 is 1.35 bits per heavy atom. The summed E-state index contributed by atoms with van der Waals surface area (Å²) in [6, 6.07) is 0. The average molecular weight is 387 g/mol. The standard InChI is InChI=1S/C13H18IN5O/c1-6-8-10(14)12(15-3)17-11(16-8)9-7(2)18-19(4)13(9)20-5/h6H2,1-5H3,(H,15,16,17). The molecule has 2 rings (SSSR count). The van der Waals surface area contributed by atoms with Crippen LogP contribution in [0.5, 0.6) is 5.88 Å². The highest BCUT2D eigenvalue weighted by molar-refractivity contribution is 14.1. The van der Waals surface area contributed by atoms with Gasteiger partial charge in [-0.1, -0.05) is 6.92 Å². The molecule has 0 atom stereocenters. The fourth-order valence-electron chi connectivity index (χ4n) is 2.13. The number of aryl methyl sites for hydroxylation is 3. The van der Waals surface area contributed by atoms with Crippen LogP contribution in [0.3, 0.4) is 0 Å². The molecular weight excluding hydrogens is 369 g/mol. The van der Waals surface area contributed by atoms with Gasteiger partial charge in [0.15, 0.2) is 5.82 Å². The topological polar surface area (TPSA) is 64.9 Å². The molecule has 0 aliphatic rings. The van der Waals surface area contributed by atoms with Crippen LogP contribution in [0.25, 0.3) is 11.4 Å². The summed E-state index contributed by atoms with van der Waals surface area (Å²) in [6.45, 7) is 4.02. The fraction of sp³-hybridized carbons (Fsp3) is 0.462. The molecule has 0 aliphatic carbocycles. The Morgan fingerprint density at radius 2 is 2.05 bits per heavy atom. The zero-order valence-corrected chi connectivity index (χ0v) is 14.4. The SMILES string of the molecule is CCc1nc(-c2c(C)nn(C)c2OC)nc(NC)c1I. The first-order valence-corrected chi connectivity index (χ1v) is 7.43. The van der Waals surface area contributed by atoms with Crippen molar-refractivity contribution in [2.24, 2.45) is 7.05 Å². The van der Waals surface area contributed by atoms with E-state index >= 15 is 0 Å². The van der Waals surface area contributed by atoms with E-state index in [1.165, 1.54) is 0 Å². The van der Waals surface area contributed by atoms with E-state index in [9.17, 15) is 0 Å². The Bertz CT molecular complexity index is 613. The molecule has 2 aromatic rings. The summed E-state index contributed by atoms with van der Waals surface area (Å²) in [5.74, 6) is 2.15. The van der Waals surface area contributed by atoms with E-state index in [1.54, 1.807) is 11.8 Å². The summed E-state index contributed by atoms with van der Waals surface area (Å²) in [7, 11) is 5.34. The first kappa shape index (κ1) is 15.0. The second-order valence-electron chi connectivity index (χ2n) is 4.35. The highest BCUT2D eigenvalue weighted by Crippen LogP contribution is 2.32. The van der Waals surface area contributed by atoms with Crippen molar-refractivity contribution in [3.8, 4) is 17.3 Å². The molecule has 0 saturated heterocycles. The molecule has 2 aromatic heterocycles. The summed E-state index contributed by atoms with van der Waals surface area (Å²) >= 11 is 2.27. The summed E-state index contributed by atoms with van der Waals surface area (Å²) in [5.41, 5.74) is 2.72. The Kier molecular flexibility index (Phi) is 4.46. The molecule has 0 spiro atoms. The summed E-state index contributed by atoms with van der Waals surface area (Å²) in [5, 5.41) is 7.50. The number of anilines is 1. The first-order valence-electron chi connectivity index (χ1n) is 6.35. The minimum Gasteiger partial charge on any atom is -0.481 e. The van der Waals surface area contributed by atoms with Crippen molar-refractivity contribution in [1.29, 1.82) is 0 Å². The van der Waals surface area contributed by atoms with E-state index in [0.29, 0.717) is 11.7 Å². The van der Waals surface area contributed by atoms with Crippen molar-refractivity contribution in [2.75, 3.05) is 19.5 Å². The van der Waals surface area contributed by atoms with Crippen LogP contribution in [-0.4, -0.2) is 33.9 Å². The number of ether oxygens (including phenoxy) is 1. The fourth-order valence-corrected chi connectivity index (χ4v) is 3.03. The minimum atomic E-state index is 0.647. The van der Waals surface area contributed by atoms with Crippen molar-refractivity contribution in [1.82, 2.24) is 19.7 Å². The maximum atomic E-state index is 5.43. The molecule has 0 aromatic carbocycles. The van der Waals surface area contributed by atoms with E-state index in [1.807, 2.05) is 21.0 Å². The summed E-state index contributed by atoms with van der Waals surface area (Å²) < 4.78 is 8.18. The highest BCUT2D eigenvalue weighted by atomic mass is 127. The predicted molar refractivity (Wildman–Crippen MR) is 87.2 cm³/mol. The van der Waals surface area contributed by atoms with Crippen LogP contribution in [0.1, 0.15) is 18.3 Å². The number of aromatic nitrogens is 4. The third-order valence-electron chi connectivity index (χ3n) is 3.08. The van der Waals surface area contributed by atoms with Crippen LogP contribution in [0.4, 0.5) is 5.82 Å². The predicted octanol–water partition coefficient (Wildman–Crippen LogP) is 2.40. The number of methoxy groups -OCH3 is 1. The van der Waals surface area contributed by atoms with Gasteiger partial charge in [-0.2, -0.15) is 5.10 Å². The van der Waals surface area contributed by atoms with Crippen LogP contribution < -0.4 is 10.1 Å². The molecule has 6 nitrogen and oxygen atoms in total. The highest BCUT2D eigenvalue weighted by Gasteiger charge is 2.20. The number of hydrogen-bond acceptors (Lipinski definition) is 5. The lowest BCUT2D eigenvalue weighted by molar-refractivity contribution is 0.374. The lowest BCUT2D eigenvalue weighted by Gasteiger charge is -2.10. The van der Waals surface area contributed by atoms with E-state index in [-0.39, 0.29) is 0 Å². The Hall–Kier alpha value is -1.38. The minimum absolute atomic E-state index is 0.647. The number of halogens is 1. The number of rotatable bonds is 4. The lowest BCUT2D eigenvalue weighted by atomic mass is 10.2. The largest absolute Gasteiger partial charge is 0.481 e. The van der Waals surface area contributed by atoms with Gasteiger partial charge in [0.2, 0.25) is 5.88 Å². The molecular formula is C13H18IN5O. The molecule has 1 N–H and O–H groups in total. The van der Waals surface area contributed by atoms with Crippen LogP contribution >= 0.6 is 22.6 Å². The summed E-state index contributed by atoms with van der Waals surface area (Å²) in [4.78, 5) is 9.25. The van der Waals surface area contributed by atoms with Gasteiger partial charge in [0.25, 0.3) is 0 Å². The molecule has 7 heteroatoms. The van der Waals surface area contributed by atoms with E-state index in [4.69, 9.17) is 4.74 Å². The zero-order chi connectivity index (χ0) is 14.9. The Morgan fingerprint density at radius 3 is 2.60 bits per heavy atom. The molecule has 2 heterocycles. The van der Waals surface area contributed by atoms with Crippen LogP contribution in [-0.2, 0) is 13.5 Å². The van der Waals surface area contributed by atoms with Crippen molar-refractivity contribution in [3.05, 3.63) is 15.0 Å². The average Bonchev–Trinajstić information content (AvgIpc) is 2.73.